The topological polar surface area (TPSA) is 29.5 Å². The van der Waals surface area contributed by atoms with Crippen LogP contribution in [0.5, 0.6) is 5.75 Å². The minimum atomic E-state index is -0.0970. The highest BCUT2D eigenvalue weighted by Gasteiger charge is 2.29. The predicted octanol–water partition coefficient (Wildman–Crippen LogP) is 2.60. The standard InChI is InChI=1S/C13H14ClNO2/c1-2-6-17-12-5-3-4-11(8-12)15-9-10(14)7-13(15)16/h2-5,8,10H,1,6-7,9H2. The van der Waals surface area contributed by atoms with E-state index in [0.29, 0.717) is 19.6 Å². The highest BCUT2D eigenvalue weighted by atomic mass is 35.5. The normalized spacial score (nSPS) is 19.5. The molecule has 1 unspecified atom stereocenters. The summed E-state index contributed by atoms with van der Waals surface area (Å²) in [7, 11) is 0. The zero-order chi connectivity index (χ0) is 12.3. The Balaban J connectivity index is 2.15. The number of carbonyl (C=O) groups excluding carboxylic acids is 1. The van der Waals surface area contributed by atoms with Crippen LogP contribution in [-0.4, -0.2) is 24.4 Å². The summed E-state index contributed by atoms with van der Waals surface area (Å²) in [5.41, 5.74) is 0.833. The lowest BCUT2D eigenvalue weighted by atomic mass is 10.3. The number of halogens is 1. The Bertz CT molecular complexity index is 433. The number of nitrogens with zero attached hydrogens (tertiary/aromatic N) is 1. The smallest absolute Gasteiger partial charge is 0.228 e. The van der Waals surface area contributed by atoms with Crippen molar-refractivity contribution in [2.75, 3.05) is 18.1 Å². The van der Waals surface area contributed by atoms with E-state index in [4.69, 9.17) is 16.3 Å². The number of anilines is 1. The molecule has 1 aromatic rings. The van der Waals surface area contributed by atoms with Crippen molar-refractivity contribution in [3.8, 4) is 5.75 Å². The molecular weight excluding hydrogens is 238 g/mol. The molecule has 1 aromatic carbocycles. The van der Waals surface area contributed by atoms with E-state index in [1.165, 1.54) is 0 Å². The molecule has 0 spiro atoms. The van der Waals surface area contributed by atoms with Gasteiger partial charge in [-0.1, -0.05) is 18.7 Å². The van der Waals surface area contributed by atoms with E-state index in [9.17, 15) is 4.79 Å². The van der Waals surface area contributed by atoms with Gasteiger partial charge in [0.1, 0.15) is 12.4 Å². The molecule has 2 rings (SSSR count). The van der Waals surface area contributed by atoms with Gasteiger partial charge < -0.3 is 9.64 Å². The SMILES string of the molecule is C=CCOc1cccc(N2CC(Cl)CC2=O)c1. The fraction of sp³-hybridized carbons (Fsp3) is 0.308. The molecule has 1 aliphatic rings. The van der Waals surface area contributed by atoms with Crippen LogP contribution in [0.25, 0.3) is 0 Å². The summed E-state index contributed by atoms with van der Waals surface area (Å²) in [5.74, 6) is 0.791. The van der Waals surface area contributed by atoms with Crippen molar-refractivity contribution in [1.82, 2.24) is 0 Å². The van der Waals surface area contributed by atoms with Crippen LogP contribution in [0.1, 0.15) is 6.42 Å². The third kappa shape index (κ3) is 2.80. The summed E-state index contributed by atoms with van der Waals surface area (Å²) in [6.45, 7) is 4.61. The fourth-order valence-corrected chi connectivity index (χ4v) is 2.08. The molecule has 1 aliphatic heterocycles. The number of carbonyl (C=O) groups is 1. The fourth-order valence-electron chi connectivity index (χ4n) is 1.81. The van der Waals surface area contributed by atoms with Crippen LogP contribution in [-0.2, 0) is 4.79 Å². The van der Waals surface area contributed by atoms with E-state index in [-0.39, 0.29) is 11.3 Å². The summed E-state index contributed by atoms with van der Waals surface area (Å²) < 4.78 is 5.43. The van der Waals surface area contributed by atoms with E-state index in [2.05, 4.69) is 6.58 Å². The van der Waals surface area contributed by atoms with Crippen LogP contribution in [0.3, 0.4) is 0 Å². The van der Waals surface area contributed by atoms with Gasteiger partial charge >= 0.3 is 0 Å². The van der Waals surface area contributed by atoms with Gasteiger partial charge in [0.2, 0.25) is 5.91 Å². The van der Waals surface area contributed by atoms with Crippen molar-refractivity contribution >= 4 is 23.2 Å². The minimum absolute atomic E-state index is 0.0610. The second-order valence-corrected chi connectivity index (χ2v) is 4.52. The summed E-state index contributed by atoms with van der Waals surface area (Å²) in [6, 6.07) is 7.44. The van der Waals surface area contributed by atoms with E-state index in [1.807, 2.05) is 24.3 Å². The molecule has 1 saturated heterocycles. The Morgan fingerprint density at radius 2 is 2.41 bits per heavy atom. The monoisotopic (exact) mass is 251 g/mol. The second kappa shape index (κ2) is 5.23. The van der Waals surface area contributed by atoms with E-state index < -0.39 is 0 Å². The lowest BCUT2D eigenvalue weighted by Gasteiger charge is -2.16. The van der Waals surface area contributed by atoms with Gasteiger partial charge in [0.25, 0.3) is 0 Å². The van der Waals surface area contributed by atoms with E-state index in [1.54, 1.807) is 11.0 Å². The van der Waals surface area contributed by atoms with Gasteiger partial charge in [0.05, 0.1) is 5.38 Å². The molecule has 3 nitrogen and oxygen atoms in total. The van der Waals surface area contributed by atoms with Gasteiger partial charge in [-0.2, -0.15) is 0 Å². The first-order valence-electron chi connectivity index (χ1n) is 5.49. The third-order valence-corrected chi connectivity index (χ3v) is 2.87. The van der Waals surface area contributed by atoms with Crippen molar-refractivity contribution in [3.63, 3.8) is 0 Å². The molecule has 1 heterocycles. The molecular formula is C13H14ClNO2. The quantitative estimate of drug-likeness (QED) is 0.608. The molecule has 1 amide bonds. The van der Waals surface area contributed by atoms with Gasteiger partial charge in [-0.3, -0.25) is 4.79 Å². The number of amides is 1. The van der Waals surface area contributed by atoms with Crippen LogP contribution >= 0.6 is 11.6 Å². The molecule has 0 N–H and O–H groups in total. The molecule has 17 heavy (non-hydrogen) atoms. The van der Waals surface area contributed by atoms with Crippen LogP contribution < -0.4 is 9.64 Å². The van der Waals surface area contributed by atoms with E-state index >= 15 is 0 Å². The zero-order valence-corrected chi connectivity index (χ0v) is 10.2. The first-order chi connectivity index (χ1) is 8.20. The molecule has 0 aliphatic carbocycles. The van der Waals surface area contributed by atoms with Gasteiger partial charge in [0, 0.05) is 24.7 Å². The van der Waals surface area contributed by atoms with Gasteiger partial charge in [0.15, 0.2) is 0 Å². The molecule has 1 fully saturated rings. The van der Waals surface area contributed by atoms with Crippen LogP contribution in [0.15, 0.2) is 36.9 Å². The largest absolute Gasteiger partial charge is 0.489 e. The number of ether oxygens (including phenoxy) is 1. The second-order valence-electron chi connectivity index (χ2n) is 3.90. The number of hydrogen-bond donors (Lipinski definition) is 0. The highest BCUT2D eigenvalue weighted by Crippen LogP contribution is 2.27. The number of hydrogen-bond acceptors (Lipinski definition) is 2. The van der Waals surface area contributed by atoms with Crippen LogP contribution in [0.4, 0.5) is 5.69 Å². The number of alkyl halides is 1. The van der Waals surface area contributed by atoms with Gasteiger partial charge in [-0.05, 0) is 12.1 Å². The Morgan fingerprint density at radius 1 is 1.59 bits per heavy atom. The highest BCUT2D eigenvalue weighted by molar-refractivity contribution is 6.24. The summed E-state index contributed by atoms with van der Waals surface area (Å²) >= 11 is 5.97. The lowest BCUT2D eigenvalue weighted by Crippen LogP contribution is -2.24. The molecule has 1 atom stereocenters. The maximum Gasteiger partial charge on any atom is 0.228 e. The van der Waals surface area contributed by atoms with Crippen LogP contribution in [0, 0.1) is 0 Å². The Hall–Kier alpha value is -1.48. The Labute approximate surface area is 106 Å². The maximum atomic E-state index is 11.7. The molecule has 0 saturated carbocycles. The molecule has 0 aromatic heterocycles. The van der Waals surface area contributed by atoms with Crippen LogP contribution in [0.2, 0.25) is 0 Å². The predicted molar refractivity (Wildman–Crippen MR) is 68.7 cm³/mol. The molecule has 0 bridgehead atoms. The average Bonchev–Trinajstić information content (AvgIpc) is 2.66. The Morgan fingerprint density at radius 3 is 3.06 bits per heavy atom. The molecule has 0 radical (unpaired) electrons. The third-order valence-electron chi connectivity index (χ3n) is 2.57. The summed E-state index contributed by atoms with van der Waals surface area (Å²) in [4.78, 5) is 13.4. The first-order valence-corrected chi connectivity index (χ1v) is 5.92. The van der Waals surface area contributed by atoms with Crippen molar-refractivity contribution in [1.29, 1.82) is 0 Å². The van der Waals surface area contributed by atoms with Crippen molar-refractivity contribution in [2.24, 2.45) is 0 Å². The average molecular weight is 252 g/mol. The summed E-state index contributed by atoms with van der Waals surface area (Å²) in [6.07, 6.45) is 2.09. The minimum Gasteiger partial charge on any atom is -0.489 e. The number of rotatable bonds is 4. The van der Waals surface area contributed by atoms with E-state index in [0.717, 1.165) is 11.4 Å². The Kier molecular flexibility index (Phi) is 3.69. The zero-order valence-electron chi connectivity index (χ0n) is 9.43. The first kappa shape index (κ1) is 12.0. The summed E-state index contributed by atoms with van der Waals surface area (Å²) in [5, 5.41) is -0.0970. The van der Waals surface area contributed by atoms with Gasteiger partial charge in [-0.25, -0.2) is 0 Å². The number of benzene rings is 1. The van der Waals surface area contributed by atoms with Crippen molar-refractivity contribution in [3.05, 3.63) is 36.9 Å². The lowest BCUT2D eigenvalue weighted by molar-refractivity contribution is -0.117. The van der Waals surface area contributed by atoms with Crippen molar-refractivity contribution < 1.29 is 9.53 Å². The van der Waals surface area contributed by atoms with Crippen molar-refractivity contribution in [2.45, 2.75) is 11.8 Å². The molecule has 90 valence electrons. The van der Waals surface area contributed by atoms with Gasteiger partial charge in [-0.15, -0.1) is 11.6 Å². The maximum absolute atomic E-state index is 11.7. The molecule has 4 heteroatoms.